The number of rotatable bonds is 7. The van der Waals surface area contributed by atoms with Gasteiger partial charge in [-0.15, -0.1) is 0 Å². The minimum Gasteiger partial charge on any atom is -0.376 e. The Morgan fingerprint density at radius 1 is 1.05 bits per heavy atom. The quantitative estimate of drug-likeness (QED) is 0.709. The van der Waals surface area contributed by atoms with Gasteiger partial charge in [-0.05, 0) is 40.0 Å². The summed E-state index contributed by atoms with van der Waals surface area (Å²) < 4.78 is 16.9. The third-order valence-corrected chi connectivity index (χ3v) is 3.88. The molecule has 0 radical (unpaired) electrons. The molecule has 0 amide bonds. The van der Waals surface area contributed by atoms with Gasteiger partial charge in [0.15, 0.2) is 0 Å². The maximum atomic E-state index is 5.87. The van der Waals surface area contributed by atoms with Crippen LogP contribution in [0.3, 0.4) is 0 Å². The van der Waals surface area contributed by atoms with Crippen LogP contribution in [0.5, 0.6) is 0 Å². The normalized spacial score (nSPS) is 24.6. The summed E-state index contributed by atoms with van der Waals surface area (Å²) in [4.78, 5) is 2.54. The smallest absolute Gasteiger partial charge is 0.104 e. The summed E-state index contributed by atoms with van der Waals surface area (Å²) in [6, 6.07) is 0. The average Bonchev–Trinajstić information content (AvgIpc) is 2.32. The second-order valence-electron chi connectivity index (χ2n) is 6.12. The van der Waals surface area contributed by atoms with Crippen LogP contribution >= 0.6 is 0 Å². The third kappa shape index (κ3) is 5.38. The molecule has 2 fully saturated rings. The Kier molecular flexibility index (Phi) is 6.07. The van der Waals surface area contributed by atoms with E-state index in [9.17, 15) is 0 Å². The lowest BCUT2D eigenvalue weighted by Crippen LogP contribution is -2.41. The molecule has 1 unspecified atom stereocenters. The number of ether oxygens (including phenoxy) is 3. The summed E-state index contributed by atoms with van der Waals surface area (Å²) in [6.07, 6.45) is 4.98. The Morgan fingerprint density at radius 3 is 2.26 bits per heavy atom. The van der Waals surface area contributed by atoms with Crippen LogP contribution in [0.15, 0.2) is 0 Å². The van der Waals surface area contributed by atoms with Crippen molar-refractivity contribution in [1.82, 2.24) is 4.90 Å². The first-order valence-electron chi connectivity index (χ1n) is 7.74. The lowest BCUT2D eigenvalue weighted by Gasteiger charge is -2.34. The molecule has 0 bridgehead atoms. The van der Waals surface area contributed by atoms with Crippen molar-refractivity contribution in [3.63, 3.8) is 0 Å². The van der Waals surface area contributed by atoms with Crippen LogP contribution in [0.4, 0.5) is 0 Å². The topological polar surface area (TPSA) is 30.9 Å². The highest BCUT2D eigenvalue weighted by atomic mass is 16.6. The molecule has 0 spiro atoms. The summed E-state index contributed by atoms with van der Waals surface area (Å²) >= 11 is 0. The summed E-state index contributed by atoms with van der Waals surface area (Å²) in [5, 5.41) is 0. The molecule has 0 aromatic rings. The van der Waals surface area contributed by atoms with E-state index in [2.05, 4.69) is 25.7 Å². The van der Waals surface area contributed by atoms with Crippen LogP contribution < -0.4 is 0 Å². The Bertz CT molecular complexity index is 248. The molecule has 0 aliphatic carbocycles. The van der Waals surface area contributed by atoms with Crippen LogP contribution in [0.2, 0.25) is 0 Å². The molecule has 0 aromatic heterocycles. The van der Waals surface area contributed by atoms with Crippen LogP contribution in [0.1, 0.15) is 40.0 Å². The van der Waals surface area contributed by atoms with Gasteiger partial charge in [0.25, 0.3) is 0 Å². The first-order chi connectivity index (χ1) is 9.13. The standard InChI is InChI=1S/C15H29NO3/c1-12(2)18-14-5-8-16(9-6-14)7-4-13(3)19-15-10-17-11-15/h12-15H,4-11H2,1-3H3. The minimum atomic E-state index is 0.346. The molecule has 1 atom stereocenters. The minimum absolute atomic E-state index is 0.346. The van der Waals surface area contributed by atoms with Crippen LogP contribution in [-0.4, -0.2) is 62.2 Å². The largest absolute Gasteiger partial charge is 0.376 e. The summed E-state index contributed by atoms with van der Waals surface area (Å²) in [5.74, 6) is 0. The van der Waals surface area contributed by atoms with E-state index in [0.717, 1.165) is 39.3 Å². The lowest BCUT2D eigenvalue weighted by atomic mass is 10.1. The van der Waals surface area contributed by atoms with Gasteiger partial charge in [-0.2, -0.15) is 0 Å². The number of piperidine rings is 1. The van der Waals surface area contributed by atoms with Crippen molar-refractivity contribution in [3.05, 3.63) is 0 Å². The van der Waals surface area contributed by atoms with Gasteiger partial charge in [0.05, 0.1) is 31.5 Å². The molecular formula is C15H29NO3. The van der Waals surface area contributed by atoms with Gasteiger partial charge in [-0.25, -0.2) is 0 Å². The van der Waals surface area contributed by atoms with E-state index in [1.807, 2.05) is 0 Å². The van der Waals surface area contributed by atoms with Gasteiger partial charge < -0.3 is 19.1 Å². The van der Waals surface area contributed by atoms with E-state index in [1.165, 1.54) is 12.8 Å². The first kappa shape index (κ1) is 15.2. The van der Waals surface area contributed by atoms with Gasteiger partial charge in [-0.1, -0.05) is 0 Å². The van der Waals surface area contributed by atoms with Crippen LogP contribution in [0.25, 0.3) is 0 Å². The van der Waals surface area contributed by atoms with E-state index in [0.29, 0.717) is 24.4 Å². The van der Waals surface area contributed by atoms with Crippen molar-refractivity contribution >= 4 is 0 Å². The second kappa shape index (κ2) is 7.58. The second-order valence-corrected chi connectivity index (χ2v) is 6.12. The monoisotopic (exact) mass is 271 g/mol. The Labute approximate surface area is 117 Å². The summed E-state index contributed by atoms with van der Waals surface area (Å²) in [7, 11) is 0. The molecule has 2 heterocycles. The van der Waals surface area contributed by atoms with Crippen molar-refractivity contribution in [2.24, 2.45) is 0 Å². The molecule has 112 valence electrons. The molecule has 4 nitrogen and oxygen atoms in total. The predicted molar refractivity (Wildman–Crippen MR) is 75.5 cm³/mol. The van der Waals surface area contributed by atoms with Crippen molar-refractivity contribution in [2.75, 3.05) is 32.8 Å². The Hall–Kier alpha value is -0.160. The van der Waals surface area contributed by atoms with Crippen molar-refractivity contribution in [1.29, 1.82) is 0 Å². The Morgan fingerprint density at radius 2 is 1.74 bits per heavy atom. The Balaban J connectivity index is 1.54. The molecular weight excluding hydrogens is 242 g/mol. The molecule has 4 heteroatoms. The number of hydrogen-bond donors (Lipinski definition) is 0. The molecule has 2 rings (SSSR count). The molecule has 19 heavy (non-hydrogen) atoms. The predicted octanol–water partition coefficient (Wildman–Crippen LogP) is 2.07. The highest BCUT2D eigenvalue weighted by Crippen LogP contribution is 2.17. The fourth-order valence-electron chi connectivity index (χ4n) is 2.71. The third-order valence-electron chi connectivity index (χ3n) is 3.88. The van der Waals surface area contributed by atoms with Crippen molar-refractivity contribution in [3.8, 4) is 0 Å². The van der Waals surface area contributed by atoms with E-state index >= 15 is 0 Å². The highest BCUT2D eigenvalue weighted by Gasteiger charge is 2.23. The molecule has 2 saturated heterocycles. The number of likely N-dealkylation sites (tertiary alicyclic amines) is 1. The summed E-state index contributed by atoms with van der Waals surface area (Å²) in [6.45, 7) is 11.4. The van der Waals surface area contributed by atoms with Crippen LogP contribution in [0, 0.1) is 0 Å². The van der Waals surface area contributed by atoms with Crippen molar-refractivity contribution in [2.45, 2.75) is 64.4 Å². The zero-order chi connectivity index (χ0) is 13.7. The SMILES string of the molecule is CC(C)OC1CCN(CCC(C)OC2COC2)CC1. The zero-order valence-electron chi connectivity index (χ0n) is 12.6. The molecule has 2 aliphatic rings. The highest BCUT2D eigenvalue weighted by molar-refractivity contribution is 4.74. The summed E-state index contributed by atoms with van der Waals surface area (Å²) in [5.41, 5.74) is 0. The van der Waals surface area contributed by atoms with E-state index in [1.54, 1.807) is 0 Å². The maximum Gasteiger partial charge on any atom is 0.104 e. The van der Waals surface area contributed by atoms with Crippen LogP contribution in [-0.2, 0) is 14.2 Å². The van der Waals surface area contributed by atoms with E-state index in [4.69, 9.17) is 14.2 Å². The fourth-order valence-corrected chi connectivity index (χ4v) is 2.71. The van der Waals surface area contributed by atoms with Crippen molar-refractivity contribution < 1.29 is 14.2 Å². The first-order valence-corrected chi connectivity index (χ1v) is 7.74. The van der Waals surface area contributed by atoms with Gasteiger partial charge in [0.2, 0.25) is 0 Å². The van der Waals surface area contributed by atoms with Gasteiger partial charge in [0.1, 0.15) is 6.10 Å². The van der Waals surface area contributed by atoms with Gasteiger partial charge in [0, 0.05) is 19.6 Å². The molecule has 2 aliphatic heterocycles. The van der Waals surface area contributed by atoms with E-state index in [-0.39, 0.29) is 0 Å². The lowest BCUT2D eigenvalue weighted by molar-refractivity contribution is -0.152. The number of nitrogens with zero attached hydrogens (tertiary/aromatic N) is 1. The van der Waals surface area contributed by atoms with Gasteiger partial charge >= 0.3 is 0 Å². The number of hydrogen-bond acceptors (Lipinski definition) is 4. The van der Waals surface area contributed by atoms with Gasteiger partial charge in [-0.3, -0.25) is 0 Å². The molecule has 0 saturated carbocycles. The molecule has 0 aromatic carbocycles. The van der Waals surface area contributed by atoms with E-state index < -0.39 is 0 Å². The zero-order valence-corrected chi connectivity index (χ0v) is 12.6. The fraction of sp³-hybridized carbons (Fsp3) is 1.00. The molecule has 0 N–H and O–H groups in total. The maximum absolute atomic E-state index is 5.87. The average molecular weight is 271 g/mol.